The molecule has 0 atom stereocenters. The second-order valence-electron chi connectivity index (χ2n) is 4.64. The molecule has 1 N–H and O–H groups in total. The Morgan fingerprint density at radius 3 is 3.05 bits per heavy atom. The molecule has 0 aliphatic rings. The number of aromatic nitrogens is 4. The SMILES string of the molecule is O=C(CSc1ncnc2nc[nH]c12)c1cc2ccccc2o1. The molecule has 0 unspecified atom stereocenters. The number of para-hydroxylation sites is 1. The Hall–Kier alpha value is -2.67. The zero-order chi connectivity index (χ0) is 14.9. The Labute approximate surface area is 129 Å². The highest BCUT2D eigenvalue weighted by atomic mass is 32.2. The topological polar surface area (TPSA) is 84.7 Å². The third-order valence-electron chi connectivity index (χ3n) is 3.23. The van der Waals surface area contributed by atoms with Crippen LogP contribution < -0.4 is 0 Å². The lowest BCUT2D eigenvalue weighted by molar-refractivity contribution is 0.0994. The third-order valence-corrected chi connectivity index (χ3v) is 4.22. The number of hydrogen-bond donors (Lipinski definition) is 1. The molecule has 3 aromatic heterocycles. The number of thioether (sulfide) groups is 1. The van der Waals surface area contributed by atoms with Gasteiger partial charge in [0.05, 0.1) is 12.1 Å². The summed E-state index contributed by atoms with van der Waals surface area (Å²) < 4.78 is 5.57. The summed E-state index contributed by atoms with van der Waals surface area (Å²) in [7, 11) is 0. The number of nitrogens with one attached hydrogen (secondary N) is 1. The van der Waals surface area contributed by atoms with E-state index >= 15 is 0 Å². The van der Waals surface area contributed by atoms with Crippen molar-refractivity contribution in [3.8, 4) is 0 Å². The van der Waals surface area contributed by atoms with Crippen LogP contribution in [0.2, 0.25) is 0 Å². The Morgan fingerprint density at radius 1 is 1.23 bits per heavy atom. The summed E-state index contributed by atoms with van der Waals surface area (Å²) in [6.45, 7) is 0. The zero-order valence-corrected chi connectivity index (χ0v) is 12.1. The van der Waals surface area contributed by atoms with Gasteiger partial charge < -0.3 is 9.40 Å². The van der Waals surface area contributed by atoms with E-state index in [9.17, 15) is 4.79 Å². The van der Waals surface area contributed by atoms with E-state index in [-0.39, 0.29) is 11.5 Å². The molecule has 4 aromatic rings. The number of H-pyrrole nitrogens is 1. The third kappa shape index (κ3) is 2.25. The average Bonchev–Trinajstić information content (AvgIpc) is 3.18. The summed E-state index contributed by atoms with van der Waals surface area (Å²) in [5.41, 5.74) is 2.05. The second kappa shape index (κ2) is 5.27. The van der Waals surface area contributed by atoms with Crippen LogP contribution in [-0.2, 0) is 0 Å². The molecule has 108 valence electrons. The van der Waals surface area contributed by atoms with Crippen LogP contribution in [0, 0.1) is 0 Å². The number of carbonyl (C=O) groups is 1. The van der Waals surface area contributed by atoms with E-state index in [4.69, 9.17) is 4.42 Å². The quantitative estimate of drug-likeness (QED) is 0.354. The van der Waals surface area contributed by atoms with Crippen LogP contribution in [0.5, 0.6) is 0 Å². The van der Waals surface area contributed by atoms with Gasteiger partial charge >= 0.3 is 0 Å². The maximum absolute atomic E-state index is 12.3. The summed E-state index contributed by atoms with van der Waals surface area (Å²) in [5, 5.41) is 1.63. The van der Waals surface area contributed by atoms with Crippen LogP contribution in [-0.4, -0.2) is 31.5 Å². The maximum Gasteiger partial charge on any atom is 0.208 e. The predicted octanol–water partition coefficient (Wildman–Crippen LogP) is 3.07. The standard InChI is InChI=1S/C15H10N4O2S/c20-10(12-5-9-3-1-2-4-11(9)21-12)6-22-15-13-14(17-7-16-13)18-8-19-15/h1-5,7-8H,6H2,(H,16,17,18,19). The van der Waals surface area contributed by atoms with Gasteiger partial charge in [-0.2, -0.15) is 0 Å². The fourth-order valence-electron chi connectivity index (χ4n) is 2.18. The number of ketones is 1. The minimum Gasteiger partial charge on any atom is -0.453 e. The summed E-state index contributed by atoms with van der Waals surface area (Å²) >= 11 is 1.34. The molecule has 0 radical (unpaired) electrons. The number of hydrogen-bond acceptors (Lipinski definition) is 6. The molecule has 3 heterocycles. The van der Waals surface area contributed by atoms with Crippen LogP contribution >= 0.6 is 11.8 Å². The van der Waals surface area contributed by atoms with Crippen molar-refractivity contribution in [3.05, 3.63) is 48.7 Å². The molecule has 0 aliphatic heterocycles. The molecular weight excluding hydrogens is 300 g/mol. The molecule has 6 nitrogen and oxygen atoms in total. The fraction of sp³-hybridized carbons (Fsp3) is 0.0667. The molecule has 22 heavy (non-hydrogen) atoms. The maximum atomic E-state index is 12.3. The molecule has 0 aliphatic carbocycles. The first kappa shape index (κ1) is 13.0. The molecule has 0 saturated carbocycles. The van der Waals surface area contributed by atoms with Crippen LogP contribution in [0.4, 0.5) is 0 Å². The van der Waals surface area contributed by atoms with Gasteiger partial charge in [-0.05, 0) is 12.1 Å². The number of furan rings is 1. The van der Waals surface area contributed by atoms with Gasteiger partial charge in [0, 0.05) is 5.39 Å². The van der Waals surface area contributed by atoms with E-state index in [1.54, 1.807) is 12.4 Å². The normalized spacial score (nSPS) is 11.3. The number of fused-ring (bicyclic) bond motifs is 2. The van der Waals surface area contributed by atoms with Gasteiger partial charge in [-0.25, -0.2) is 15.0 Å². The molecule has 0 spiro atoms. The van der Waals surface area contributed by atoms with Crippen LogP contribution in [0.15, 0.2) is 52.4 Å². The Balaban J connectivity index is 1.56. The van der Waals surface area contributed by atoms with Gasteiger partial charge in [0.25, 0.3) is 0 Å². The van der Waals surface area contributed by atoms with Gasteiger partial charge in [-0.3, -0.25) is 4.79 Å². The predicted molar refractivity (Wildman–Crippen MR) is 83.0 cm³/mol. The Bertz CT molecular complexity index is 943. The van der Waals surface area contributed by atoms with Crippen molar-refractivity contribution < 1.29 is 9.21 Å². The molecule has 7 heteroatoms. The highest BCUT2D eigenvalue weighted by Gasteiger charge is 2.14. The summed E-state index contributed by atoms with van der Waals surface area (Å²) in [5.74, 6) is 0.529. The number of benzene rings is 1. The van der Waals surface area contributed by atoms with Gasteiger partial charge in [-0.1, -0.05) is 30.0 Å². The van der Waals surface area contributed by atoms with Crippen LogP contribution in [0.1, 0.15) is 10.6 Å². The number of nitrogens with zero attached hydrogens (tertiary/aromatic N) is 3. The van der Waals surface area contributed by atoms with E-state index in [0.29, 0.717) is 22.0 Å². The minimum atomic E-state index is -0.0764. The first-order valence-corrected chi connectivity index (χ1v) is 7.58. The number of aromatic amines is 1. The minimum absolute atomic E-state index is 0.0764. The van der Waals surface area contributed by atoms with Gasteiger partial charge in [0.15, 0.2) is 11.4 Å². The van der Waals surface area contributed by atoms with E-state index in [1.807, 2.05) is 24.3 Å². The van der Waals surface area contributed by atoms with E-state index < -0.39 is 0 Å². The largest absolute Gasteiger partial charge is 0.453 e. The average molecular weight is 310 g/mol. The molecule has 1 aromatic carbocycles. The van der Waals surface area contributed by atoms with Gasteiger partial charge in [0.1, 0.15) is 22.5 Å². The van der Waals surface area contributed by atoms with Crippen molar-refractivity contribution >= 4 is 39.7 Å². The highest BCUT2D eigenvalue weighted by Crippen LogP contribution is 2.24. The summed E-state index contributed by atoms with van der Waals surface area (Å²) in [4.78, 5) is 27.6. The fourth-order valence-corrected chi connectivity index (χ4v) is 3.00. The van der Waals surface area contributed by atoms with Crippen LogP contribution in [0.25, 0.3) is 22.1 Å². The van der Waals surface area contributed by atoms with E-state index in [1.165, 1.54) is 18.1 Å². The zero-order valence-electron chi connectivity index (χ0n) is 11.3. The summed E-state index contributed by atoms with van der Waals surface area (Å²) in [6.07, 6.45) is 3.00. The first-order chi connectivity index (χ1) is 10.8. The van der Waals surface area contributed by atoms with E-state index in [2.05, 4.69) is 19.9 Å². The number of Topliss-reactive ketones (excluding diaryl/α,β-unsaturated/α-hetero) is 1. The van der Waals surface area contributed by atoms with Gasteiger partial charge in [-0.15, -0.1) is 0 Å². The van der Waals surface area contributed by atoms with Crippen molar-refractivity contribution in [3.63, 3.8) is 0 Å². The van der Waals surface area contributed by atoms with Crippen molar-refractivity contribution in [2.75, 3.05) is 5.75 Å². The van der Waals surface area contributed by atoms with Gasteiger partial charge in [0.2, 0.25) is 5.78 Å². The number of rotatable bonds is 4. The van der Waals surface area contributed by atoms with Crippen molar-refractivity contribution in [2.24, 2.45) is 0 Å². The first-order valence-electron chi connectivity index (χ1n) is 6.60. The smallest absolute Gasteiger partial charge is 0.208 e. The van der Waals surface area contributed by atoms with Crippen molar-refractivity contribution in [1.29, 1.82) is 0 Å². The lowest BCUT2D eigenvalue weighted by Gasteiger charge is -1.99. The molecule has 0 amide bonds. The highest BCUT2D eigenvalue weighted by molar-refractivity contribution is 8.00. The molecular formula is C15H10N4O2S. The number of carbonyl (C=O) groups excluding carboxylic acids is 1. The van der Waals surface area contributed by atoms with Crippen molar-refractivity contribution in [1.82, 2.24) is 19.9 Å². The van der Waals surface area contributed by atoms with Crippen LogP contribution in [0.3, 0.4) is 0 Å². The lowest BCUT2D eigenvalue weighted by Crippen LogP contribution is -2.01. The summed E-state index contributed by atoms with van der Waals surface area (Å²) in [6, 6.07) is 9.32. The Kier molecular flexibility index (Phi) is 3.12. The number of imidazole rings is 1. The van der Waals surface area contributed by atoms with E-state index in [0.717, 1.165) is 10.9 Å². The lowest BCUT2D eigenvalue weighted by atomic mass is 10.2. The molecule has 0 fully saturated rings. The molecule has 4 rings (SSSR count). The Morgan fingerprint density at radius 2 is 2.14 bits per heavy atom. The van der Waals surface area contributed by atoms with Crippen molar-refractivity contribution in [2.45, 2.75) is 5.03 Å². The monoisotopic (exact) mass is 310 g/mol. The molecule has 0 saturated heterocycles. The molecule has 0 bridgehead atoms. The second-order valence-corrected chi connectivity index (χ2v) is 5.60.